The van der Waals surface area contributed by atoms with Crippen LogP contribution in [0.5, 0.6) is 0 Å². The number of Topliss-reactive ketones (excluding diaryl/α,β-unsaturated/α-hetero) is 1. The number of ketones is 1. The summed E-state index contributed by atoms with van der Waals surface area (Å²) in [6, 6.07) is 10.3. The molecule has 3 aromatic rings. The van der Waals surface area contributed by atoms with Gasteiger partial charge in [0.2, 0.25) is 0 Å². The largest absolute Gasteiger partial charge is 0.346 e. The van der Waals surface area contributed by atoms with Gasteiger partial charge in [-0.3, -0.25) is 19.4 Å². The molecule has 9 heteroatoms. The van der Waals surface area contributed by atoms with Crippen LogP contribution in [0.25, 0.3) is 11.3 Å². The highest BCUT2D eigenvalue weighted by Gasteiger charge is 2.17. The van der Waals surface area contributed by atoms with Crippen LogP contribution in [0.4, 0.5) is 0 Å². The number of carbonyl (C=O) groups is 2. The van der Waals surface area contributed by atoms with Crippen molar-refractivity contribution in [2.75, 3.05) is 0 Å². The number of H-pyrrole nitrogens is 1. The fraction of sp³-hybridized carbons (Fsp3) is 0.250. The third-order valence-electron chi connectivity index (χ3n) is 4.44. The lowest BCUT2D eigenvalue weighted by molar-refractivity contribution is 0.0925. The molecule has 1 aromatic carbocycles. The first-order valence-electron chi connectivity index (χ1n) is 9.02. The Morgan fingerprint density at radius 1 is 1.34 bits per heavy atom. The van der Waals surface area contributed by atoms with Gasteiger partial charge in [-0.05, 0) is 30.7 Å². The summed E-state index contributed by atoms with van der Waals surface area (Å²) >= 11 is 6.10. The highest BCUT2D eigenvalue weighted by atomic mass is 35.5. The standard InChI is InChI=1S/C20H19ClN6O2/c1-3-15(23-20(29)19-9-18(12(2)28)24-25-19)11-27-7-6-17(26-27)13-4-5-14(10-22)16(21)8-13/h4-9,15H,3,11H2,1-2H3,(H,23,29)(H,24,25)/t15-/m1/s1. The maximum absolute atomic E-state index is 12.4. The van der Waals surface area contributed by atoms with E-state index in [0.29, 0.717) is 23.6 Å². The lowest BCUT2D eigenvalue weighted by atomic mass is 10.1. The number of nitrogens with one attached hydrogen (secondary N) is 2. The van der Waals surface area contributed by atoms with Crippen molar-refractivity contribution in [3.8, 4) is 17.3 Å². The number of carbonyl (C=O) groups excluding carboxylic acids is 2. The van der Waals surface area contributed by atoms with Crippen LogP contribution < -0.4 is 5.32 Å². The van der Waals surface area contributed by atoms with Crippen LogP contribution in [0.3, 0.4) is 0 Å². The predicted molar refractivity (Wildman–Crippen MR) is 108 cm³/mol. The van der Waals surface area contributed by atoms with Crippen LogP contribution in [0.2, 0.25) is 5.02 Å². The molecule has 0 spiro atoms. The second-order valence-corrected chi connectivity index (χ2v) is 6.94. The molecule has 148 valence electrons. The summed E-state index contributed by atoms with van der Waals surface area (Å²) in [6.07, 6.45) is 2.51. The van der Waals surface area contributed by atoms with Gasteiger partial charge < -0.3 is 5.32 Å². The Labute approximate surface area is 172 Å². The van der Waals surface area contributed by atoms with Gasteiger partial charge in [-0.1, -0.05) is 24.6 Å². The number of amides is 1. The summed E-state index contributed by atoms with van der Waals surface area (Å²) in [5.74, 6) is -0.539. The van der Waals surface area contributed by atoms with E-state index in [4.69, 9.17) is 16.9 Å². The van der Waals surface area contributed by atoms with Crippen molar-refractivity contribution in [2.24, 2.45) is 0 Å². The maximum Gasteiger partial charge on any atom is 0.269 e. The number of rotatable bonds is 7. The first-order valence-corrected chi connectivity index (χ1v) is 9.39. The van der Waals surface area contributed by atoms with E-state index in [0.717, 1.165) is 11.3 Å². The van der Waals surface area contributed by atoms with Crippen molar-refractivity contribution >= 4 is 23.3 Å². The van der Waals surface area contributed by atoms with E-state index >= 15 is 0 Å². The van der Waals surface area contributed by atoms with Crippen molar-refractivity contribution in [3.63, 3.8) is 0 Å². The van der Waals surface area contributed by atoms with Gasteiger partial charge in [0, 0.05) is 24.7 Å². The van der Waals surface area contributed by atoms with Crippen molar-refractivity contribution in [3.05, 3.63) is 58.5 Å². The molecule has 0 bridgehead atoms. The second kappa shape index (κ2) is 8.71. The molecule has 0 saturated carbocycles. The quantitative estimate of drug-likeness (QED) is 0.580. The summed E-state index contributed by atoms with van der Waals surface area (Å²) in [4.78, 5) is 23.7. The molecule has 8 nitrogen and oxygen atoms in total. The van der Waals surface area contributed by atoms with Gasteiger partial charge in [-0.2, -0.15) is 15.5 Å². The third kappa shape index (κ3) is 4.70. The average molecular weight is 411 g/mol. The number of hydrogen-bond acceptors (Lipinski definition) is 5. The topological polar surface area (TPSA) is 116 Å². The molecule has 29 heavy (non-hydrogen) atoms. The van der Waals surface area contributed by atoms with Crippen LogP contribution in [0.1, 0.15) is 46.8 Å². The summed E-state index contributed by atoms with van der Waals surface area (Å²) in [6.45, 7) is 3.83. The van der Waals surface area contributed by atoms with Gasteiger partial charge in [-0.25, -0.2) is 0 Å². The van der Waals surface area contributed by atoms with E-state index in [1.807, 2.05) is 25.3 Å². The van der Waals surface area contributed by atoms with Gasteiger partial charge in [0.1, 0.15) is 17.5 Å². The van der Waals surface area contributed by atoms with E-state index in [-0.39, 0.29) is 29.1 Å². The number of aromatic nitrogens is 4. The summed E-state index contributed by atoms with van der Waals surface area (Å²) in [5, 5.41) is 23.2. The summed E-state index contributed by atoms with van der Waals surface area (Å²) in [7, 11) is 0. The zero-order chi connectivity index (χ0) is 21.0. The number of halogens is 1. The lowest BCUT2D eigenvalue weighted by Gasteiger charge is -2.16. The fourth-order valence-electron chi connectivity index (χ4n) is 2.77. The van der Waals surface area contributed by atoms with Crippen molar-refractivity contribution in [2.45, 2.75) is 32.9 Å². The minimum atomic E-state index is -0.330. The molecule has 0 aliphatic carbocycles. The highest BCUT2D eigenvalue weighted by molar-refractivity contribution is 6.32. The molecule has 0 aliphatic rings. The van der Waals surface area contributed by atoms with Crippen molar-refractivity contribution in [1.29, 1.82) is 5.26 Å². The SMILES string of the molecule is CC[C@H](Cn1ccc(-c2ccc(C#N)c(Cl)c2)n1)NC(=O)c1cc(C(C)=O)n[nH]1. The first-order chi connectivity index (χ1) is 13.9. The monoisotopic (exact) mass is 410 g/mol. The molecule has 0 fully saturated rings. The maximum atomic E-state index is 12.4. The normalized spacial score (nSPS) is 11.7. The highest BCUT2D eigenvalue weighted by Crippen LogP contribution is 2.24. The zero-order valence-corrected chi connectivity index (χ0v) is 16.7. The Kier molecular flexibility index (Phi) is 6.10. The number of nitrogens with zero attached hydrogens (tertiary/aromatic N) is 4. The Balaban J connectivity index is 1.68. The molecule has 0 aliphatic heterocycles. The van der Waals surface area contributed by atoms with Crippen LogP contribution in [0.15, 0.2) is 36.5 Å². The fourth-order valence-corrected chi connectivity index (χ4v) is 2.99. The molecule has 0 radical (unpaired) electrons. The van der Waals surface area contributed by atoms with Crippen LogP contribution in [-0.2, 0) is 6.54 Å². The Bertz CT molecular complexity index is 1090. The molecule has 2 heterocycles. The number of benzene rings is 1. The van der Waals surface area contributed by atoms with Gasteiger partial charge in [0.15, 0.2) is 5.78 Å². The van der Waals surface area contributed by atoms with E-state index in [2.05, 4.69) is 20.6 Å². The van der Waals surface area contributed by atoms with Crippen molar-refractivity contribution < 1.29 is 9.59 Å². The Morgan fingerprint density at radius 2 is 2.14 bits per heavy atom. The van der Waals surface area contributed by atoms with Gasteiger partial charge in [0.25, 0.3) is 5.91 Å². The second-order valence-electron chi connectivity index (χ2n) is 6.53. The molecule has 3 rings (SSSR count). The van der Waals surface area contributed by atoms with Crippen LogP contribution >= 0.6 is 11.6 Å². The third-order valence-corrected chi connectivity index (χ3v) is 4.76. The Hall–Kier alpha value is -3.44. The minimum absolute atomic E-state index is 0.163. The first kappa shape index (κ1) is 20.3. The number of aromatic amines is 1. The molecule has 2 aromatic heterocycles. The number of nitriles is 1. The summed E-state index contributed by atoms with van der Waals surface area (Å²) in [5.41, 5.74) is 2.40. The molecule has 0 saturated heterocycles. The van der Waals surface area contributed by atoms with Crippen LogP contribution in [-0.4, -0.2) is 37.7 Å². The molecule has 2 N–H and O–H groups in total. The molecule has 1 amide bonds. The smallest absolute Gasteiger partial charge is 0.269 e. The van der Waals surface area contributed by atoms with E-state index < -0.39 is 0 Å². The number of hydrogen-bond donors (Lipinski definition) is 2. The van der Waals surface area contributed by atoms with E-state index in [9.17, 15) is 9.59 Å². The van der Waals surface area contributed by atoms with Gasteiger partial charge >= 0.3 is 0 Å². The van der Waals surface area contributed by atoms with E-state index in [1.54, 1.807) is 22.9 Å². The summed E-state index contributed by atoms with van der Waals surface area (Å²) < 4.78 is 1.74. The minimum Gasteiger partial charge on any atom is -0.346 e. The molecule has 0 unspecified atom stereocenters. The van der Waals surface area contributed by atoms with Gasteiger partial charge in [-0.15, -0.1) is 0 Å². The Morgan fingerprint density at radius 3 is 2.76 bits per heavy atom. The lowest BCUT2D eigenvalue weighted by Crippen LogP contribution is -2.37. The average Bonchev–Trinajstić information content (AvgIpc) is 3.37. The molecular weight excluding hydrogens is 392 g/mol. The zero-order valence-electron chi connectivity index (χ0n) is 15.9. The molecular formula is C20H19ClN6O2. The van der Waals surface area contributed by atoms with Crippen molar-refractivity contribution in [1.82, 2.24) is 25.3 Å². The van der Waals surface area contributed by atoms with Gasteiger partial charge in [0.05, 0.1) is 22.8 Å². The van der Waals surface area contributed by atoms with Crippen LogP contribution in [0, 0.1) is 11.3 Å². The predicted octanol–water partition coefficient (Wildman–Crippen LogP) is 3.21. The van der Waals surface area contributed by atoms with E-state index in [1.165, 1.54) is 13.0 Å². The molecule has 1 atom stereocenters.